The van der Waals surface area contributed by atoms with Crippen molar-refractivity contribution in [1.82, 2.24) is 15.2 Å². The number of fused-ring (bicyclic) bond motifs is 2. The van der Waals surface area contributed by atoms with Gasteiger partial charge in [-0.2, -0.15) is 5.10 Å². The van der Waals surface area contributed by atoms with Crippen LogP contribution in [0.2, 0.25) is 0 Å². The van der Waals surface area contributed by atoms with Crippen molar-refractivity contribution in [1.29, 1.82) is 0 Å². The summed E-state index contributed by atoms with van der Waals surface area (Å²) in [5, 5.41) is 13.2. The normalized spacial score (nSPS) is 12.1. The second-order valence-corrected chi connectivity index (χ2v) is 6.42. The summed E-state index contributed by atoms with van der Waals surface area (Å²) in [6, 6.07) is 14.2. The van der Waals surface area contributed by atoms with E-state index in [1.807, 2.05) is 30.3 Å². The largest absolute Gasteiger partial charge is 0.454 e. The van der Waals surface area contributed by atoms with Gasteiger partial charge in [0.1, 0.15) is 5.82 Å². The highest BCUT2D eigenvalue weighted by molar-refractivity contribution is 6.01. The molecule has 0 saturated heterocycles. The van der Waals surface area contributed by atoms with Gasteiger partial charge in [-0.1, -0.05) is 12.1 Å². The number of nitrogens with one attached hydrogen (secondary N) is 3. The number of carbonyl (C=O) groups excluding carboxylic acids is 1. The third-order valence-electron chi connectivity index (χ3n) is 4.57. The maximum atomic E-state index is 12.3. The smallest absolute Gasteiger partial charge is 0.323 e. The number of hydrogen-bond donors (Lipinski definition) is 4. The summed E-state index contributed by atoms with van der Waals surface area (Å²) in [6.45, 7) is 0.186. The number of aromatic nitrogens is 3. The summed E-state index contributed by atoms with van der Waals surface area (Å²) in [5.74, 6) is 1.73. The van der Waals surface area contributed by atoms with Gasteiger partial charge >= 0.3 is 6.03 Å². The highest BCUT2D eigenvalue weighted by Gasteiger charge is 2.14. The number of aromatic amines is 1. The van der Waals surface area contributed by atoms with E-state index < -0.39 is 0 Å². The Bertz CT molecular complexity index is 1220. The van der Waals surface area contributed by atoms with Crippen LogP contribution in [-0.4, -0.2) is 28.0 Å². The summed E-state index contributed by atoms with van der Waals surface area (Å²) in [5.41, 5.74) is 9.65. The van der Waals surface area contributed by atoms with Gasteiger partial charge in [-0.15, -0.1) is 0 Å². The molecule has 0 unspecified atom stereocenters. The molecular weight excluding hydrogens is 372 g/mol. The molecule has 9 heteroatoms. The van der Waals surface area contributed by atoms with Gasteiger partial charge < -0.3 is 25.8 Å². The average molecular weight is 388 g/mol. The number of carbonyl (C=O) groups is 1. The molecule has 0 bridgehead atoms. The van der Waals surface area contributed by atoms with E-state index in [-0.39, 0.29) is 12.8 Å². The number of amides is 2. The Labute approximate surface area is 164 Å². The molecule has 0 atom stereocenters. The molecule has 9 nitrogen and oxygen atoms in total. The molecule has 5 N–H and O–H groups in total. The Morgan fingerprint density at radius 2 is 1.76 bits per heavy atom. The molecule has 144 valence electrons. The molecule has 0 radical (unpaired) electrons. The number of hydrogen-bond acceptors (Lipinski definition) is 6. The quantitative estimate of drug-likeness (QED) is 0.425. The lowest BCUT2D eigenvalue weighted by molar-refractivity contribution is 0.174. The average Bonchev–Trinajstić information content (AvgIpc) is 3.35. The maximum Gasteiger partial charge on any atom is 0.323 e. The summed E-state index contributed by atoms with van der Waals surface area (Å²) in [6.07, 6.45) is 1.68. The number of benzene rings is 2. The number of H-pyrrole nitrogens is 1. The SMILES string of the molecule is Nc1[nH]nc2nccc(-c3ccc(NC(=O)Nc4ccc5c(c4)OCO5)cc3)c12. The van der Waals surface area contributed by atoms with Gasteiger partial charge in [-0.25, -0.2) is 9.78 Å². The highest BCUT2D eigenvalue weighted by Crippen LogP contribution is 2.34. The lowest BCUT2D eigenvalue weighted by atomic mass is 10.0. The molecule has 0 fully saturated rings. The molecule has 4 aromatic rings. The summed E-state index contributed by atoms with van der Waals surface area (Å²) in [7, 11) is 0. The standard InChI is InChI=1S/C20H16N6O3/c21-18-17-14(7-8-22-19(17)26-25-18)11-1-3-12(4-2-11)23-20(27)24-13-5-6-15-16(9-13)29-10-28-15/h1-9H,10H2,(H2,23,24,27)(H3,21,22,25,26). The van der Waals surface area contributed by atoms with Crippen LogP contribution < -0.4 is 25.8 Å². The third kappa shape index (κ3) is 3.14. The number of nitrogen functional groups attached to an aromatic ring is 1. The minimum Gasteiger partial charge on any atom is -0.454 e. The van der Waals surface area contributed by atoms with Crippen molar-refractivity contribution in [2.75, 3.05) is 23.2 Å². The molecular formula is C20H16N6O3. The Hall–Kier alpha value is -4.27. The molecule has 3 heterocycles. The molecule has 2 aromatic heterocycles. The van der Waals surface area contributed by atoms with Crippen LogP contribution >= 0.6 is 0 Å². The fourth-order valence-electron chi connectivity index (χ4n) is 3.21. The first kappa shape index (κ1) is 16.9. The predicted molar refractivity (Wildman–Crippen MR) is 109 cm³/mol. The fraction of sp³-hybridized carbons (Fsp3) is 0.0500. The maximum absolute atomic E-state index is 12.3. The van der Waals surface area contributed by atoms with E-state index in [2.05, 4.69) is 25.8 Å². The first-order valence-electron chi connectivity index (χ1n) is 8.84. The highest BCUT2D eigenvalue weighted by atomic mass is 16.7. The van der Waals surface area contributed by atoms with Crippen molar-refractivity contribution < 1.29 is 14.3 Å². The van der Waals surface area contributed by atoms with Crippen molar-refractivity contribution in [3.05, 3.63) is 54.7 Å². The number of pyridine rings is 1. The van der Waals surface area contributed by atoms with Gasteiger partial charge in [0.15, 0.2) is 17.1 Å². The monoisotopic (exact) mass is 388 g/mol. The van der Waals surface area contributed by atoms with Gasteiger partial charge in [0.25, 0.3) is 0 Å². The molecule has 1 aliphatic heterocycles. The van der Waals surface area contributed by atoms with E-state index in [1.165, 1.54) is 0 Å². The van der Waals surface area contributed by atoms with E-state index in [4.69, 9.17) is 15.2 Å². The van der Waals surface area contributed by atoms with Crippen LogP contribution in [0.5, 0.6) is 11.5 Å². The first-order valence-corrected chi connectivity index (χ1v) is 8.84. The van der Waals surface area contributed by atoms with Gasteiger partial charge in [0, 0.05) is 23.6 Å². The second-order valence-electron chi connectivity index (χ2n) is 6.42. The Morgan fingerprint density at radius 3 is 2.62 bits per heavy atom. The van der Waals surface area contributed by atoms with E-state index in [9.17, 15) is 4.79 Å². The minimum absolute atomic E-state index is 0.186. The van der Waals surface area contributed by atoms with Gasteiger partial charge in [-0.05, 0) is 41.5 Å². The van der Waals surface area contributed by atoms with Crippen molar-refractivity contribution in [3.63, 3.8) is 0 Å². The fourth-order valence-corrected chi connectivity index (χ4v) is 3.21. The third-order valence-corrected chi connectivity index (χ3v) is 4.57. The number of anilines is 3. The van der Waals surface area contributed by atoms with Crippen molar-refractivity contribution in [2.24, 2.45) is 0 Å². The molecule has 0 spiro atoms. The number of ether oxygens (including phenoxy) is 2. The Kier molecular flexibility index (Phi) is 3.91. The van der Waals surface area contributed by atoms with E-state index in [0.29, 0.717) is 34.3 Å². The Morgan fingerprint density at radius 1 is 1.00 bits per heavy atom. The molecule has 0 aliphatic carbocycles. The van der Waals surface area contributed by atoms with E-state index in [0.717, 1.165) is 16.5 Å². The van der Waals surface area contributed by atoms with Gasteiger partial charge in [-0.3, -0.25) is 5.10 Å². The van der Waals surface area contributed by atoms with Crippen LogP contribution in [0.25, 0.3) is 22.2 Å². The molecule has 1 aliphatic rings. The second kappa shape index (κ2) is 6.71. The Balaban J connectivity index is 1.31. The summed E-state index contributed by atoms with van der Waals surface area (Å²) < 4.78 is 10.6. The number of nitrogens with two attached hydrogens (primary N) is 1. The number of urea groups is 1. The first-order chi connectivity index (χ1) is 14.2. The van der Waals surface area contributed by atoms with Gasteiger partial charge in [0.2, 0.25) is 6.79 Å². The van der Waals surface area contributed by atoms with Crippen LogP contribution in [0.4, 0.5) is 22.0 Å². The zero-order valence-corrected chi connectivity index (χ0v) is 15.1. The minimum atomic E-state index is -0.359. The number of nitrogens with zero attached hydrogens (tertiary/aromatic N) is 2. The molecule has 2 amide bonds. The van der Waals surface area contributed by atoms with E-state index >= 15 is 0 Å². The molecule has 0 saturated carbocycles. The topological polar surface area (TPSA) is 127 Å². The zero-order valence-electron chi connectivity index (χ0n) is 15.1. The zero-order chi connectivity index (χ0) is 19.8. The molecule has 29 heavy (non-hydrogen) atoms. The van der Waals surface area contributed by atoms with Crippen LogP contribution in [-0.2, 0) is 0 Å². The van der Waals surface area contributed by atoms with Crippen LogP contribution in [0.3, 0.4) is 0 Å². The van der Waals surface area contributed by atoms with Crippen LogP contribution in [0, 0.1) is 0 Å². The lowest BCUT2D eigenvalue weighted by Gasteiger charge is -2.09. The predicted octanol–water partition coefficient (Wildman–Crippen LogP) is 3.58. The van der Waals surface area contributed by atoms with Crippen LogP contribution in [0.1, 0.15) is 0 Å². The summed E-state index contributed by atoms with van der Waals surface area (Å²) in [4.78, 5) is 16.5. The molecule has 2 aromatic carbocycles. The van der Waals surface area contributed by atoms with Crippen molar-refractivity contribution in [2.45, 2.75) is 0 Å². The van der Waals surface area contributed by atoms with E-state index in [1.54, 1.807) is 24.4 Å². The van der Waals surface area contributed by atoms with Crippen molar-refractivity contribution >= 4 is 34.3 Å². The van der Waals surface area contributed by atoms with Gasteiger partial charge in [0.05, 0.1) is 5.39 Å². The molecule has 5 rings (SSSR count). The van der Waals surface area contributed by atoms with Crippen LogP contribution in [0.15, 0.2) is 54.7 Å². The summed E-state index contributed by atoms with van der Waals surface area (Å²) >= 11 is 0. The number of rotatable bonds is 3. The van der Waals surface area contributed by atoms with Crippen molar-refractivity contribution in [3.8, 4) is 22.6 Å². The lowest BCUT2D eigenvalue weighted by Crippen LogP contribution is -2.19.